The third kappa shape index (κ3) is 4.93. The SMILES string of the molecule is O=C(NC1C=CC(C(=O)NCC2CCC(C(=O)O)O2)C1)OCC1c2ccccc2-c2ccccc21. The maximum absolute atomic E-state index is 12.5. The van der Waals surface area contributed by atoms with E-state index in [4.69, 9.17) is 14.6 Å². The molecule has 8 nitrogen and oxygen atoms in total. The first-order valence-electron chi connectivity index (χ1n) is 12.0. The zero-order chi connectivity index (χ0) is 24.4. The molecule has 3 N–H and O–H groups in total. The van der Waals surface area contributed by atoms with Crippen LogP contribution >= 0.6 is 0 Å². The summed E-state index contributed by atoms with van der Waals surface area (Å²) in [5.41, 5.74) is 4.65. The van der Waals surface area contributed by atoms with E-state index in [9.17, 15) is 14.4 Å². The average molecular weight is 477 g/mol. The number of alkyl carbamates (subject to hydrolysis) is 1. The number of carboxylic acids is 1. The van der Waals surface area contributed by atoms with Gasteiger partial charge in [-0.15, -0.1) is 0 Å². The van der Waals surface area contributed by atoms with Gasteiger partial charge in [0.15, 0.2) is 6.10 Å². The Kier molecular flexibility index (Phi) is 6.55. The normalized spacial score (nSPS) is 24.6. The molecule has 1 fully saturated rings. The third-order valence-corrected chi connectivity index (χ3v) is 6.95. The number of rotatable bonds is 7. The molecule has 0 saturated carbocycles. The minimum Gasteiger partial charge on any atom is -0.479 e. The minimum absolute atomic E-state index is 0.00988. The number of hydrogen-bond donors (Lipinski definition) is 3. The van der Waals surface area contributed by atoms with Crippen LogP contribution in [-0.2, 0) is 19.1 Å². The molecule has 8 heteroatoms. The summed E-state index contributed by atoms with van der Waals surface area (Å²) in [6, 6.07) is 16.0. The second-order valence-corrected chi connectivity index (χ2v) is 9.21. The van der Waals surface area contributed by atoms with Crippen molar-refractivity contribution in [2.24, 2.45) is 5.92 Å². The van der Waals surface area contributed by atoms with E-state index in [0.717, 1.165) is 11.1 Å². The summed E-state index contributed by atoms with van der Waals surface area (Å²) in [6.45, 7) is 0.510. The second kappa shape index (κ2) is 9.92. The van der Waals surface area contributed by atoms with Crippen LogP contribution in [0.5, 0.6) is 0 Å². The van der Waals surface area contributed by atoms with E-state index in [2.05, 4.69) is 34.9 Å². The van der Waals surface area contributed by atoms with Crippen molar-refractivity contribution < 1.29 is 29.0 Å². The molecule has 5 rings (SSSR count). The molecule has 2 aromatic rings. The number of nitrogens with one attached hydrogen (secondary N) is 2. The molecule has 2 aromatic carbocycles. The molecule has 3 aliphatic rings. The molecule has 1 heterocycles. The monoisotopic (exact) mass is 476 g/mol. The van der Waals surface area contributed by atoms with Gasteiger partial charge in [-0.1, -0.05) is 60.7 Å². The summed E-state index contributed by atoms with van der Waals surface area (Å²) in [5, 5.41) is 14.7. The fourth-order valence-electron chi connectivity index (χ4n) is 5.17. The molecule has 2 aliphatic carbocycles. The van der Waals surface area contributed by atoms with Gasteiger partial charge in [-0.2, -0.15) is 0 Å². The third-order valence-electron chi connectivity index (χ3n) is 6.95. The van der Waals surface area contributed by atoms with Crippen molar-refractivity contribution in [3.8, 4) is 11.1 Å². The molecule has 0 bridgehead atoms. The largest absolute Gasteiger partial charge is 0.479 e. The summed E-state index contributed by atoms with van der Waals surface area (Å²) < 4.78 is 11.0. The maximum Gasteiger partial charge on any atom is 0.407 e. The number of ether oxygens (including phenoxy) is 2. The number of carbonyl (C=O) groups is 3. The number of fused-ring (bicyclic) bond motifs is 3. The van der Waals surface area contributed by atoms with E-state index in [0.29, 0.717) is 19.3 Å². The lowest BCUT2D eigenvalue weighted by atomic mass is 9.98. The summed E-state index contributed by atoms with van der Waals surface area (Å²) in [6.07, 6.45) is 3.47. The molecule has 182 valence electrons. The van der Waals surface area contributed by atoms with E-state index in [1.165, 1.54) is 11.1 Å². The molecule has 0 aromatic heterocycles. The standard InChI is InChI=1S/C27H28N2O6/c30-25(28-14-18-11-12-24(35-18)26(31)32)16-9-10-17(13-16)29-27(33)34-15-23-21-7-3-1-5-19(21)20-6-2-4-8-22(20)23/h1-10,16-18,23-24H,11-15H2,(H,28,30)(H,29,33)(H,31,32). The van der Waals surface area contributed by atoms with Crippen molar-refractivity contribution in [3.05, 3.63) is 71.8 Å². The molecule has 2 amide bonds. The first-order valence-corrected chi connectivity index (χ1v) is 12.0. The van der Waals surface area contributed by atoms with Crippen molar-refractivity contribution in [1.82, 2.24) is 10.6 Å². The molecule has 4 unspecified atom stereocenters. The van der Waals surface area contributed by atoms with Crippen molar-refractivity contribution in [1.29, 1.82) is 0 Å². The van der Waals surface area contributed by atoms with Crippen molar-refractivity contribution in [3.63, 3.8) is 0 Å². The lowest BCUT2D eigenvalue weighted by molar-refractivity contribution is -0.149. The van der Waals surface area contributed by atoms with Crippen LogP contribution in [0.2, 0.25) is 0 Å². The first kappa shape index (κ1) is 23.1. The predicted octanol–water partition coefficient (Wildman–Crippen LogP) is 3.22. The summed E-state index contributed by atoms with van der Waals surface area (Å²) >= 11 is 0. The molecule has 35 heavy (non-hydrogen) atoms. The predicted molar refractivity (Wildman–Crippen MR) is 128 cm³/mol. The fourth-order valence-corrected chi connectivity index (χ4v) is 5.17. The van der Waals surface area contributed by atoms with Gasteiger partial charge in [0.1, 0.15) is 6.61 Å². The number of hydrogen-bond acceptors (Lipinski definition) is 5. The van der Waals surface area contributed by atoms with E-state index in [1.807, 2.05) is 24.3 Å². The first-order chi connectivity index (χ1) is 17.0. The maximum atomic E-state index is 12.5. The van der Waals surface area contributed by atoms with Gasteiger partial charge in [-0.25, -0.2) is 9.59 Å². The van der Waals surface area contributed by atoms with Crippen LogP contribution in [-0.4, -0.2) is 54.5 Å². The number of benzene rings is 2. The van der Waals surface area contributed by atoms with Crippen LogP contribution < -0.4 is 10.6 Å². The highest BCUT2D eigenvalue weighted by Crippen LogP contribution is 2.44. The van der Waals surface area contributed by atoms with Gasteiger partial charge >= 0.3 is 12.1 Å². The summed E-state index contributed by atoms with van der Waals surface area (Å²) in [5.74, 6) is -1.52. The zero-order valence-electron chi connectivity index (χ0n) is 19.2. The molecule has 0 spiro atoms. The number of carboxylic acid groups (broad SMARTS) is 1. The van der Waals surface area contributed by atoms with E-state index < -0.39 is 18.2 Å². The van der Waals surface area contributed by atoms with Gasteiger partial charge in [-0.05, 0) is 41.5 Å². The zero-order valence-corrected chi connectivity index (χ0v) is 19.2. The smallest absolute Gasteiger partial charge is 0.407 e. The average Bonchev–Trinajstić information content (AvgIpc) is 3.59. The van der Waals surface area contributed by atoms with E-state index in [-0.39, 0.29) is 43.0 Å². The van der Waals surface area contributed by atoms with Crippen LogP contribution in [0.4, 0.5) is 4.79 Å². The number of amides is 2. The van der Waals surface area contributed by atoms with Gasteiger partial charge in [0, 0.05) is 12.5 Å². The van der Waals surface area contributed by atoms with E-state index >= 15 is 0 Å². The van der Waals surface area contributed by atoms with Crippen molar-refractivity contribution >= 4 is 18.0 Å². The molecule has 0 radical (unpaired) electrons. The Bertz CT molecular complexity index is 1120. The van der Waals surface area contributed by atoms with Crippen molar-refractivity contribution in [2.75, 3.05) is 13.2 Å². The number of carbonyl (C=O) groups excluding carboxylic acids is 2. The molecule has 4 atom stereocenters. The highest BCUT2D eigenvalue weighted by molar-refractivity contribution is 5.81. The Hall–Kier alpha value is -3.65. The lowest BCUT2D eigenvalue weighted by Crippen LogP contribution is -2.38. The number of aliphatic carboxylic acids is 1. The van der Waals surface area contributed by atoms with Crippen LogP contribution in [0.15, 0.2) is 60.7 Å². The molecular weight excluding hydrogens is 448 g/mol. The summed E-state index contributed by atoms with van der Waals surface area (Å²) in [4.78, 5) is 36.0. The van der Waals surface area contributed by atoms with Crippen molar-refractivity contribution in [2.45, 2.75) is 43.4 Å². The Balaban J connectivity index is 1.08. The van der Waals surface area contributed by atoms with Gasteiger partial charge in [-0.3, -0.25) is 4.79 Å². The highest BCUT2D eigenvalue weighted by Gasteiger charge is 2.32. The Labute approximate surface area is 203 Å². The van der Waals surface area contributed by atoms with Gasteiger partial charge < -0.3 is 25.2 Å². The van der Waals surface area contributed by atoms with Crippen LogP contribution in [0.1, 0.15) is 36.3 Å². The lowest BCUT2D eigenvalue weighted by Gasteiger charge is -2.17. The molecular formula is C27H28N2O6. The Morgan fingerprint density at radius 1 is 0.971 bits per heavy atom. The Morgan fingerprint density at radius 2 is 1.66 bits per heavy atom. The summed E-state index contributed by atoms with van der Waals surface area (Å²) in [7, 11) is 0. The van der Waals surface area contributed by atoms with Crippen LogP contribution in [0.3, 0.4) is 0 Å². The van der Waals surface area contributed by atoms with Crippen LogP contribution in [0, 0.1) is 5.92 Å². The molecule has 1 saturated heterocycles. The second-order valence-electron chi connectivity index (χ2n) is 9.21. The van der Waals surface area contributed by atoms with Gasteiger partial charge in [0.25, 0.3) is 0 Å². The fraction of sp³-hybridized carbons (Fsp3) is 0.370. The van der Waals surface area contributed by atoms with Crippen LogP contribution in [0.25, 0.3) is 11.1 Å². The van der Waals surface area contributed by atoms with Gasteiger partial charge in [0.05, 0.1) is 18.1 Å². The topological polar surface area (TPSA) is 114 Å². The Morgan fingerprint density at radius 3 is 2.31 bits per heavy atom. The van der Waals surface area contributed by atoms with Gasteiger partial charge in [0.2, 0.25) is 5.91 Å². The quantitative estimate of drug-likeness (QED) is 0.529. The highest BCUT2D eigenvalue weighted by atomic mass is 16.5. The molecule has 1 aliphatic heterocycles. The minimum atomic E-state index is -0.972. The van der Waals surface area contributed by atoms with E-state index in [1.54, 1.807) is 12.2 Å².